The third-order valence-electron chi connectivity index (χ3n) is 3.31. The number of aromatic nitrogens is 1. The predicted molar refractivity (Wildman–Crippen MR) is 79.2 cm³/mol. The molecule has 0 saturated heterocycles. The molecule has 0 atom stereocenters. The molecular weight excluding hydrogens is 236 g/mol. The topological polar surface area (TPSA) is 58.9 Å². The number of aryl methyl sites for hydroxylation is 1. The van der Waals surface area contributed by atoms with E-state index in [0.717, 1.165) is 10.9 Å². The van der Waals surface area contributed by atoms with Crippen molar-refractivity contribution in [2.75, 3.05) is 5.73 Å². The van der Waals surface area contributed by atoms with Crippen LogP contribution in [0, 0.1) is 6.92 Å². The zero-order chi connectivity index (χ0) is 13.4. The minimum atomic E-state index is -0.111. The van der Waals surface area contributed by atoms with Gasteiger partial charge in [-0.15, -0.1) is 0 Å². The first-order chi connectivity index (χ1) is 9.16. The molecule has 0 radical (unpaired) electrons. The Morgan fingerprint density at radius 2 is 1.58 bits per heavy atom. The highest BCUT2D eigenvalue weighted by Crippen LogP contribution is 2.28. The zero-order valence-corrected chi connectivity index (χ0v) is 10.6. The number of hydrogen-bond donors (Lipinski definition) is 2. The first-order valence-electron chi connectivity index (χ1n) is 6.14. The molecule has 0 aliphatic rings. The summed E-state index contributed by atoms with van der Waals surface area (Å²) >= 11 is 0. The minimum absolute atomic E-state index is 0.111. The van der Waals surface area contributed by atoms with Crippen LogP contribution in [0.3, 0.4) is 0 Å². The number of nitrogens with two attached hydrogens (primary N) is 1. The predicted octanol–water partition coefficient (Wildman–Crippen LogP) is 3.09. The molecule has 0 bridgehead atoms. The second-order valence-electron chi connectivity index (χ2n) is 4.65. The Hall–Kier alpha value is -2.55. The van der Waals surface area contributed by atoms with E-state index < -0.39 is 0 Å². The Labute approximate surface area is 110 Å². The number of pyridine rings is 1. The fourth-order valence-corrected chi connectivity index (χ4v) is 2.25. The van der Waals surface area contributed by atoms with Gasteiger partial charge in [0.25, 0.3) is 5.56 Å². The highest BCUT2D eigenvalue weighted by atomic mass is 16.1. The molecule has 3 N–H and O–H groups in total. The Morgan fingerprint density at radius 1 is 0.947 bits per heavy atom. The molecule has 19 heavy (non-hydrogen) atoms. The molecule has 3 rings (SSSR count). The lowest BCUT2D eigenvalue weighted by Crippen LogP contribution is -2.10. The molecule has 0 unspecified atom stereocenters. The first-order valence-corrected chi connectivity index (χ1v) is 6.14. The smallest absolute Gasteiger partial charge is 0.256 e. The first kappa shape index (κ1) is 11.5. The molecule has 3 nitrogen and oxygen atoms in total. The third-order valence-corrected chi connectivity index (χ3v) is 3.31. The number of nitrogen functional groups attached to an aromatic ring is 1. The van der Waals surface area contributed by atoms with Gasteiger partial charge in [-0.2, -0.15) is 0 Å². The van der Waals surface area contributed by atoms with Crippen LogP contribution in [0.1, 0.15) is 5.56 Å². The van der Waals surface area contributed by atoms with Crippen LogP contribution in [-0.4, -0.2) is 4.98 Å². The highest BCUT2D eigenvalue weighted by Gasteiger charge is 2.09. The van der Waals surface area contributed by atoms with Crippen LogP contribution in [0.5, 0.6) is 0 Å². The van der Waals surface area contributed by atoms with Gasteiger partial charge >= 0.3 is 0 Å². The summed E-state index contributed by atoms with van der Waals surface area (Å²) in [6, 6.07) is 15.3. The van der Waals surface area contributed by atoms with Gasteiger partial charge in [0.15, 0.2) is 0 Å². The Morgan fingerprint density at radius 3 is 2.26 bits per heavy atom. The van der Waals surface area contributed by atoms with E-state index in [2.05, 4.69) is 4.98 Å². The molecule has 0 aliphatic carbocycles. The Bertz CT molecular complexity index is 801. The fraction of sp³-hybridized carbons (Fsp3) is 0.0625. The van der Waals surface area contributed by atoms with E-state index in [1.807, 2.05) is 49.4 Å². The molecule has 0 aliphatic heterocycles. The molecule has 1 aromatic heterocycles. The van der Waals surface area contributed by atoms with Crippen molar-refractivity contribution < 1.29 is 0 Å². The van der Waals surface area contributed by atoms with Crippen molar-refractivity contribution in [3.05, 3.63) is 64.4 Å². The van der Waals surface area contributed by atoms with Gasteiger partial charge in [-0.05, 0) is 13.0 Å². The molecule has 1 heterocycles. The highest BCUT2D eigenvalue weighted by molar-refractivity contribution is 5.98. The summed E-state index contributed by atoms with van der Waals surface area (Å²) < 4.78 is 0. The molecule has 94 valence electrons. The number of nitrogens with one attached hydrogen (secondary N) is 1. The zero-order valence-electron chi connectivity index (χ0n) is 10.6. The SMILES string of the molecule is Cc1ccc(-c2[nH]c(=O)c3ccccc3c2N)cc1. The van der Waals surface area contributed by atoms with Gasteiger partial charge < -0.3 is 10.7 Å². The minimum Gasteiger partial charge on any atom is -0.397 e. The average Bonchev–Trinajstić information content (AvgIpc) is 2.44. The van der Waals surface area contributed by atoms with E-state index in [4.69, 9.17) is 5.73 Å². The van der Waals surface area contributed by atoms with Crippen LogP contribution < -0.4 is 11.3 Å². The normalized spacial score (nSPS) is 10.8. The number of anilines is 1. The van der Waals surface area contributed by atoms with E-state index in [-0.39, 0.29) is 5.56 Å². The summed E-state index contributed by atoms with van der Waals surface area (Å²) in [4.78, 5) is 15.0. The summed E-state index contributed by atoms with van der Waals surface area (Å²) in [5, 5.41) is 1.41. The van der Waals surface area contributed by atoms with Gasteiger partial charge in [0.2, 0.25) is 0 Å². The molecule has 3 heteroatoms. The molecule has 3 aromatic rings. The van der Waals surface area contributed by atoms with Crippen molar-refractivity contribution in [3.63, 3.8) is 0 Å². The largest absolute Gasteiger partial charge is 0.397 e. The molecule has 2 aromatic carbocycles. The lowest BCUT2D eigenvalue weighted by atomic mass is 10.0. The van der Waals surface area contributed by atoms with Crippen molar-refractivity contribution in [2.24, 2.45) is 0 Å². The summed E-state index contributed by atoms with van der Waals surface area (Å²) in [5.74, 6) is 0. The number of hydrogen-bond acceptors (Lipinski definition) is 2. The van der Waals surface area contributed by atoms with Gasteiger partial charge in [0.05, 0.1) is 11.4 Å². The van der Waals surface area contributed by atoms with Gasteiger partial charge in [-0.3, -0.25) is 4.79 Å². The van der Waals surface area contributed by atoms with Crippen molar-refractivity contribution in [2.45, 2.75) is 6.92 Å². The van der Waals surface area contributed by atoms with Crippen LogP contribution in [0.2, 0.25) is 0 Å². The molecule has 0 saturated carbocycles. The van der Waals surface area contributed by atoms with Crippen molar-refractivity contribution in [1.29, 1.82) is 0 Å². The molecule has 0 amide bonds. The maximum atomic E-state index is 12.1. The van der Waals surface area contributed by atoms with Crippen LogP contribution in [0.15, 0.2) is 53.3 Å². The lowest BCUT2D eigenvalue weighted by Gasteiger charge is -2.09. The molecule has 0 spiro atoms. The number of benzene rings is 2. The summed E-state index contributed by atoms with van der Waals surface area (Å²) in [7, 11) is 0. The van der Waals surface area contributed by atoms with Crippen molar-refractivity contribution in [1.82, 2.24) is 4.98 Å². The van der Waals surface area contributed by atoms with E-state index in [1.54, 1.807) is 6.07 Å². The average molecular weight is 250 g/mol. The summed E-state index contributed by atoms with van der Waals surface area (Å²) in [6.45, 7) is 2.02. The van der Waals surface area contributed by atoms with Crippen LogP contribution in [0.25, 0.3) is 22.0 Å². The van der Waals surface area contributed by atoms with Crippen LogP contribution in [-0.2, 0) is 0 Å². The second kappa shape index (κ2) is 4.28. The van der Waals surface area contributed by atoms with Gasteiger partial charge in [-0.25, -0.2) is 0 Å². The van der Waals surface area contributed by atoms with E-state index in [0.29, 0.717) is 16.8 Å². The monoisotopic (exact) mass is 250 g/mol. The summed E-state index contributed by atoms with van der Waals surface area (Å²) in [6.07, 6.45) is 0. The maximum absolute atomic E-state index is 12.1. The van der Waals surface area contributed by atoms with Gasteiger partial charge in [0, 0.05) is 16.3 Å². The lowest BCUT2D eigenvalue weighted by molar-refractivity contribution is 1.28. The van der Waals surface area contributed by atoms with Crippen LogP contribution in [0.4, 0.5) is 5.69 Å². The van der Waals surface area contributed by atoms with Crippen molar-refractivity contribution >= 4 is 16.5 Å². The summed E-state index contributed by atoms with van der Waals surface area (Å²) in [5.41, 5.74) is 9.47. The maximum Gasteiger partial charge on any atom is 0.256 e. The standard InChI is InChI=1S/C16H14N2O/c1-10-6-8-11(9-7-10)15-14(17)12-4-2-3-5-13(12)16(19)18-15/h2-9H,17H2,1H3,(H,18,19). The van der Waals surface area contributed by atoms with Gasteiger partial charge in [0.1, 0.15) is 0 Å². The molecule has 0 fully saturated rings. The Balaban J connectivity index is 2.33. The van der Waals surface area contributed by atoms with Gasteiger partial charge in [-0.1, -0.05) is 48.0 Å². The number of H-pyrrole nitrogens is 1. The second-order valence-corrected chi connectivity index (χ2v) is 4.65. The number of aromatic amines is 1. The van der Waals surface area contributed by atoms with E-state index in [9.17, 15) is 4.79 Å². The Kier molecular flexibility index (Phi) is 2.60. The quantitative estimate of drug-likeness (QED) is 0.697. The number of fused-ring (bicyclic) bond motifs is 1. The van der Waals surface area contributed by atoms with Crippen molar-refractivity contribution in [3.8, 4) is 11.3 Å². The van der Waals surface area contributed by atoms with E-state index in [1.165, 1.54) is 5.56 Å². The fourth-order valence-electron chi connectivity index (χ4n) is 2.25. The third kappa shape index (κ3) is 1.89. The van der Waals surface area contributed by atoms with Crippen LogP contribution >= 0.6 is 0 Å². The van der Waals surface area contributed by atoms with E-state index >= 15 is 0 Å². The number of rotatable bonds is 1. The molecular formula is C16H14N2O.